The molecule has 2 nitrogen and oxygen atoms in total. The average Bonchev–Trinajstić information content (AvgIpc) is 2.87. The highest BCUT2D eigenvalue weighted by Gasteiger charge is 2.62. The van der Waals surface area contributed by atoms with Gasteiger partial charge in [0.05, 0.1) is 5.57 Å². The number of esters is 1. The molecule has 1 aromatic carbocycles. The van der Waals surface area contributed by atoms with Gasteiger partial charge in [0.15, 0.2) is 0 Å². The topological polar surface area (TPSA) is 26.3 Å². The fraction of sp³-hybridized carbons (Fsp3) is 0.500. The van der Waals surface area contributed by atoms with Crippen molar-refractivity contribution in [3.8, 4) is 0 Å². The highest BCUT2D eigenvalue weighted by atomic mass is 16.5. The Balaban J connectivity index is 1.72. The molecule has 128 valence electrons. The second kappa shape index (κ2) is 5.61. The molecule has 0 aliphatic heterocycles. The van der Waals surface area contributed by atoms with Crippen molar-refractivity contribution in [1.29, 1.82) is 0 Å². The van der Waals surface area contributed by atoms with Crippen LogP contribution in [0.2, 0.25) is 0 Å². The maximum absolute atomic E-state index is 12.6. The first kappa shape index (κ1) is 17.0. The molecular weight excluding hydrogens is 296 g/mol. The fourth-order valence-electron chi connectivity index (χ4n) is 4.58. The predicted molar refractivity (Wildman–Crippen MR) is 99.3 cm³/mol. The first-order valence-electron chi connectivity index (χ1n) is 8.83. The average molecular weight is 324 g/mol. The predicted octanol–water partition coefficient (Wildman–Crippen LogP) is 5.49. The van der Waals surface area contributed by atoms with Crippen molar-refractivity contribution in [2.24, 2.45) is 16.7 Å². The molecule has 2 aliphatic carbocycles. The zero-order valence-corrected chi connectivity index (χ0v) is 15.3. The van der Waals surface area contributed by atoms with Crippen LogP contribution >= 0.6 is 0 Å². The van der Waals surface area contributed by atoms with Gasteiger partial charge in [0.2, 0.25) is 0 Å². The maximum Gasteiger partial charge on any atom is 0.338 e. The molecule has 2 fully saturated rings. The van der Waals surface area contributed by atoms with Crippen molar-refractivity contribution in [3.05, 3.63) is 48.6 Å². The molecule has 2 heteroatoms. The van der Waals surface area contributed by atoms with E-state index in [1.165, 1.54) is 6.42 Å². The summed E-state index contributed by atoms with van der Waals surface area (Å²) in [5, 5.41) is 0. The minimum Gasteiger partial charge on any atom is -0.458 e. The zero-order chi connectivity index (χ0) is 17.7. The molecule has 3 rings (SSSR count). The monoisotopic (exact) mass is 324 g/mol. The summed E-state index contributed by atoms with van der Waals surface area (Å²) in [5.41, 5.74) is 3.65. The molecule has 0 N–H and O–H groups in total. The minimum absolute atomic E-state index is 0.00481. The summed E-state index contributed by atoms with van der Waals surface area (Å²) in [5.74, 6) is 0.371. The van der Waals surface area contributed by atoms with Gasteiger partial charge in [0.1, 0.15) is 6.10 Å². The Morgan fingerprint density at radius 3 is 2.17 bits per heavy atom. The quantitative estimate of drug-likeness (QED) is 0.540. The molecule has 0 radical (unpaired) electrons. The van der Waals surface area contributed by atoms with Crippen LogP contribution in [0.1, 0.15) is 58.1 Å². The van der Waals surface area contributed by atoms with Gasteiger partial charge < -0.3 is 4.74 Å². The van der Waals surface area contributed by atoms with Crippen molar-refractivity contribution in [1.82, 2.24) is 0 Å². The van der Waals surface area contributed by atoms with Gasteiger partial charge in [0.25, 0.3) is 0 Å². The molecule has 0 aromatic heterocycles. The lowest BCUT2D eigenvalue weighted by Gasteiger charge is -2.38. The first-order chi connectivity index (χ1) is 11.2. The smallest absolute Gasteiger partial charge is 0.338 e. The van der Waals surface area contributed by atoms with Gasteiger partial charge in [0, 0.05) is 5.41 Å². The Morgan fingerprint density at radius 2 is 1.71 bits per heavy atom. The number of ether oxygens (including phenoxy) is 1. The second-order valence-electron chi connectivity index (χ2n) is 8.34. The molecule has 24 heavy (non-hydrogen) atoms. The van der Waals surface area contributed by atoms with E-state index in [1.54, 1.807) is 0 Å². The highest BCUT2D eigenvalue weighted by molar-refractivity contribution is 6.15. The van der Waals surface area contributed by atoms with Gasteiger partial charge in [-0.3, -0.25) is 0 Å². The SMILES string of the molecule is C=C(C)c1ccc(C(=C)C(=O)OC2CC3CCC2(C)C3(C)C)cc1. The summed E-state index contributed by atoms with van der Waals surface area (Å²) in [6.45, 7) is 16.8. The van der Waals surface area contributed by atoms with Crippen molar-refractivity contribution in [2.45, 2.75) is 53.1 Å². The standard InChI is InChI=1S/C22H28O2/c1-14(2)16-7-9-17(10-8-16)15(3)20(23)24-19-13-18-11-12-22(19,6)21(18,4)5/h7-10,18-19H,1,3,11-13H2,2,4-6H3. The summed E-state index contributed by atoms with van der Waals surface area (Å²) in [6.07, 6.45) is 3.38. The Hall–Kier alpha value is -1.83. The summed E-state index contributed by atoms with van der Waals surface area (Å²) in [6, 6.07) is 7.77. The molecule has 3 atom stereocenters. The molecule has 0 saturated heterocycles. The van der Waals surface area contributed by atoms with E-state index in [0.717, 1.165) is 29.5 Å². The summed E-state index contributed by atoms with van der Waals surface area (Å²) in [4.78, 5) is 12.6. The number of allylic oxidation sites excluding steroid dienone is 1. The Labute approximate surface area is 145 Å². The number of benzene rings is 1. The molecule has 2 aliphatic rings. The van der Waals surface area contributed by atoms with Gasteiger partial charge in [-0.15, -0.1) is 0 Å². The third-order valence-electron chi connectivity index (χ3n) is 6.94. The van der Waals surface area contributed by atoms with Gasteiger partial charge in [-0.05, 0) is 48.6 Å². The number of carbonyl (C=O) groups excluding carboxylic acids is 1. The maximum atomic E-state index is 12.6. The van der Waals surface area contributed by atoms with Crippen LogP contribution < -0.4 is 0 Å². The van der Waals surface area contributed by atoms with E-state index < -0.39 is 0 Å². The molecule has 0 heterocycles. The molecule has 0 amide bonds. The van der Waals surface area contributed by atoms with Crippen LogP contribution in [0.25, 0.3) is 11.1 Å². The van der Waals surface area contributed by atoms with Crippen molar-refractivity contribution in [3.63, 3.8) is 0 Å². The van der Waals surface area contributed by atoms with Crippen LogP contribution in [0.3, 0.4) is 0 Å². The Bertz CT molecular complexity index is 695. The second-order valence-corrected chi connectivity index (χ2v) is 8.34. The molecule has 3 unspecified atom stereocenters. The van der Waals surface area contributed by atoms with Gasteiger partial charge in [-0.25, -0.2) is 4.79 Å². The van der Waals surface area contributed by atoms with E-state index in [2.05, 4.69) is 33.9 Å². The van der Waals surface area contributed by atoms with Crippen LogP contribution in [0.15, 0.2) is 37.4 Å². The van der Waals surface area contributed by atoms with Gasteiger partial charge >= 0.3 is 5.97 Å². The molecule has 1 aromatic rings. The molecule has 0 spiro atoms. The van der Waals surface area contributed by atoms with E-state index in [0.29, 0.717) is 11.5 Å². The minimum atomic E-state index is -0.285. The number of fused-ring (bicyclic) bond motifs is 2. The number of rotatable bonds is 4. The van der Waals surface area contributed by atoms with E-state index in [9.17, 15) is 4.79 Å². The van der Waals surface area contributed by atoms with Crippen molar-refractivity contribution in [2.75, 3.05) is 0 Å². The summed E-state index contributed by atoms with van der Waals surface area (Å²) >= 11 is 0. The first-order valence-corrected chi connectivity index (χ1v) is 8.83. The summed E-state index contributed by atoms with van der Waals surface area (Å²) in [7, 11) is 0. The van der Waals surface area contributed by atoms with Crippen molar-refractivity contribution >= 4 is 17.1 Å². The van der Waals surface area contributed by atoms with E-state index in [1.807, 2.05) is 31.2 Å². The third-order valence-corrected chi connectivity index (χ3v) is 6.94. The van der Waals surface area contributed by atoms with Crippen LogP contribution in [0.4, 0.5) is 0 Å². The lowest BCUT2D eigenvalue weighted by Crippen LogP contribution is -2.38. The lowest BCUT2D eigenvalue weighted by atomic mass is 9.70. The van der Waals surface area contributed by atoms with Crippen molar-refractivity contribution < 1.29 is 9.53 Å². The third kappa shape index (κ3) is 2.44. The van der Waals surface area contributed by atoms with Crippen LogP contribution in [-0.4, -0.2) is 12.1 Å². The number of hydrogen-bond acceptors (Lipinski definition) is 2. The number of hydrogen-bond donors (Lipinski definition) is 0. The zero-order valence-electron chi connectivity index (χ0n) is 15.3. The number of carbonyl (C=O) groups is 1. The fourth-order valence-corrected chi connectivity index (χ4v) is 4.58. The van der Waals surface area contributed by atoms with Gasteiger partial charge in [-0.2, -0.15) is 0 Å². The van der Waals surface area contributed by atoms with E-state index in [-0.39, 0.29) is 22.9 Å². The lowest BCUT2D eigenvalue weighted by molar-refractivity contribution is -0.149. The summed E-state index contributed by atoms with van der Waals surface area (Å²) < 4.78 is 5.92. The Morgan fingerprint density at radius 1 is 1.12 bits per heavy atom. The normalized spacial score (nSPS) is 30.2. The molecule has 2 saturated carbocycles. The van der Waals surface area contributed by atoms with Crippen LogP contribution in [-0.2, 0) is 9.53 Å². The van der Waals surface area contributed by atoms with Crippen LogP contribution in [0, 0.1) is 16.7 Å². The molecular formula is C22H28O2. The highest BCUT2D eigenvalue weighted by Crippen LogP contribution is 2.66. The van der Waals surface area contributed by atoms with Crippen LogP contribution in [0.5, 0.6) is 0 Å². The Kier molecular flexibility index (Phi) is 3.98. The van der Waals surface area contributed by atoms with Gasteiger partial charge in [-0.1, -0.05) is 63.8 Å². The van der Waals surface area contributed by atoms with E-state index in [4.69, 9.17) is 4.74 Å². The van der Waals surface area contributed by atoms with E-state index >= 15 is 0 Å². The molecule has 2 bridgehead atoms. The largest absolute Gasteiger partial charge is 0.458 e.